The third kappa shape index (κ3) is 4.22. The lowest BCUT2D eigenvalue weighted by Crippen LogP contribution is -2.23. The van der Waals surface area contributed by atoms with Crippen LogP contribution < -0.4 is 5.56 Å². The lowest BCUT2D eigenvalue weighted by molar-refractivity contribution is 0.0402. The molecule has 0 fully saturated rings. The van der Waals surface area contributed by atoms with Gasteiger partial charge in [-0.05, 0) is 25.8 Å². The van der Waals surface area contributed by atoms with Gasteiger partial charge in [-0.15, -0.1) is 0 Å². The summed E-state index contributed by atoms with van der Waals surface area (Å²) in [6.45, 7) is 8.62. The Hall–Kier alpha value is -2.02. The van der Waals surface area contributed by atoms with Crippen LogP contribution in [0.2, 0.25) is 0 Å². The molecule has 0 radical (unpaired) electrons. The molecule has 0 unspecified atom stereocenters. The van der Waals surface area contributed by atoms with E-state index < -0.39 is 0 Å². The van der Waals surface area contributed by atoms with E-state index in [1.807, 2.05) is 13.8 Å². The van der Waals surface area contributed by atoms with Crippen LogP contribution in [0.4, 0.5) is 0 Å². The monoisotopic (exact) mass is 292 g/mol. The zero-order valence-corrected chi connectivity index (χ0v) is 12.7. The van der Waals surface area contributed by atoms with Crippen molar-refractivity contribution in [2.45, 2.75) is 40.3 Å². The van der Waals surface area contributed by atoms with Crippen molar-refractivity contribution in [3.8, 4) is 0 Å². The minimum Gasteiger partial charge on any atom is -0.370 e. The lowest BCUT2D eigenvalue weighted by atomic mass is 10.2. The van der Waals surface area contributed by atoms with Crippen LogP contribution in [-0.4, -0.2) is 26.5 Å². The van der Waals surface area contributed by atoms with Gasteiger partial charge in [-0.3, -0.25) is 4.79 Å². The smallest absolute Gasteiger partial charge is 0.267 e. The summed E-state index contributed by atoms with van der Waals surface area (Å²) in [6, 6.07) is 3.13. The summed E-state index contributed by atoms with van der Waals surface area (Å²) in [7, 11) is 0. The number of hydrogen-bond donors (Lipinski definition) is 0. The summed E-state index contributed by atoms with van der Waals surface area (Å²) in [5.74, 6) is 1.26. The molecule has 114 valence electrons. The number of ether oxygens (including phenoxy) is 1. The number of rotatable bonds is 6. The van der Waals surface area contributed by atoms with E-state index in [1.54, 1.807) is 6.07 Å². The molecule has 2 heterocycles. The SMILES string of the molecule is Cc1ccc(=O)n(Cc2nc([C@H](C)OCC(C)C)no2)n1. The van der Waals surface area contributed by atoms with Crippen LogP contribution >= 0.6 is 0 Å². The molecule has 1 atom stereocenters. The van der Waals surface area contributed by atoms with Crippen molar-refractivity contribution in [2.75, 3.05) is 6.61 Å². The van der Waals surface area contributed by atoms with Crippen molar-refractivity contribution in [1.82, 2.24) is 19.9 Å². The minimum absolute atomic E-state index is 0.157. The zero-order chi connectivity index (χ0) is 15.4. The highest BCUT2D eigenvalue weighted by atomic mass is 16.5. The fraction of sp³-hybridized carbons (Fsp3) is 0.571. The van der Waals surface area contributed by atoms with Crippen LogP contribution in [0, 0.1) is 12.8 Å². The molecule has 2 aromatic heterocycles. The van der Waals surface area contributed by atoms with E-state index in [9.17, 15) is 4.79 Å². The standard InChI is InChI=1S/C14H20N4O3/c1-9(2)8-20-11(4)14-15-12(21-17-14)7-18-13(19)6-5-10(3)16-18/h5-6,9,11H,7-8H2,1-4H3/t11-/m0/s1. The molecule has 7 heteroatoms. The Bertz CT molecular complexity index is 648. The van der Waals surface area contributed by atoms with E-state index in [1.165, 1.54) is 10.7 Å². The Kier molecular flexibility index (Phi) is 4.85. The first kappa shape index (κ1) is 15.4. The van der Waals surface area contributed by atoms with Crippen molar-refractivity contribution < 1.29 is 9.26 Å². The largest absolute Gasteiger partial charge is 0.370 e. The second-order valence-corrected chi connectivity index (χ2v) is 5.39. The van der Waals surface area contributed by atoms with E-state index in [2.05, 4.69) is 29.1 Å². The van der Waals surface area contributed by atoms with Crippen LogP contribution in [0.5, 0.6) is 0 Å². The highest BCUT2D eigenvalue weighted by Gasteiger charge is 2.15. The maximum Gasteiger partial charge on any atom is 0.267 e. The van der Waals surface area contributed by atoms with E-state index in [-0.39, 0.29) is 18.2 Å². The Balaban J connectivity index is 2.06. The zero-order valence-electron chi connectivity index (χ0n) is 12.7. The Morgan fingerprint density at radius 3 is 2.81 bits per heavy atom. The molecule has 2 rings (SSSR count). The van der Waals surface area contributed by atoms with Gasteiger partial charge >= 0.3 is 0 Å². The Morgan fingerprint density at radius 1 is 1.33 bits per heavy atom. The van der Waals surface area contributed by atoms with Crippen molar-refractivity contribution in [3.63, 3.8) is 0 Å². The number of nitrogens with zero attached hydrogens (tertiary/aromatic N) is 4. The van der Waals surface area contributed by atoms with Crippen molar-refractivity contribution in [3.05, 3.63) is 39.9 Å². The van der Waals surface area contributed by atoms with E-state index in [0.29, 0.717) is 24.2 Å². The molecule has 21 heavy (non-hydrogen) atoms. The first-order chi connectivity index (χ1) is 9.95. The molecule has 0 aromatic carbocycles. The molecular formula is C14H20N4O3. The molecule has 0 spiro atoms. The van der Waals surface area contributed by atoms with Gasteiger partial charge in [0, 0.05) is 12.7 Å². The molecular weight excluding hydrogens is 272 g/mol. The second-order valence-electron chi connectivity index (χ2n) is 5.39. The van der Waals surface area contributed by atoms with E-state index >= 15 is 0 Å². The predicted molar refractivity (Wildman–Crippen MR) is 75.8 cm³/mol. The average Bonchev–Trinajstić information content (AvgIpc) is 2.89. The van der Waals surface area contributed by atoms with Crippen LogP contribution in [0.25, 0.3) is 0 Å². The van der Waals surface area contributed by atoms with Crippen molar-refractivity contribution in [2.24, 2.45) is 5.92 Å². The molecule has 2 aromatic rings. The second kappa shape index (κ2) is 6.62. The topological polar surface area (TPSA) is 83.0 Å². The fourth-order valence-corrected chi connectivity index (χ4v) is 1.70. The van der Waals surface area contributed by atoms with Crippen LogP contribution in [0.3, 0.4) is 0 Å². The van der Waals surface area contributed by atoms with Gasteiger partial charge in [0.2, 0.25) is 5.89 Å². The number of aromatic nitrogens is 4. The Morgan fingerprint density at radius 2 is 2.10 bits per heavy atom. The third-order valence-corrected chi connectivity index (χ3v) is 2.81. The summed E-state index contributed by atoms with van der Waals surface area (Å²) < 4.78 is 12.1. The summed E-state index contributed by atoms with van der Waals surface area (Å²) in [5.41, 5.74) is 0.549. The van der Waals surface area contributed by atoms with E-state index in [4.69, 9.17) is 9.26 Å². The van der Waals surface area contributed by atoms with Crippen LogP contribution in [0.1, 0.15) is 44.3 Å². The van der Waals surface area contributed by atoms with Gasteiger partial charge in [-0.1, -0.05) is 19.0 Å². The molecule has 0 saturated carbocycles. The summed E-state index contributed by atoms with van der Waals surface area (Å²) in [5, 5.41) is 8.01. The van der Waals surface area contributed by atoms with Gasteiger partial charge in [0.1, 0.15) is 12.6 Å². The molecule has 0 saturated heterocycles. The van der Waals surface area contributed by atoms with Crippen LogP contribution in [0.15, 0.2) is 21.5 Å². The lowest BCUT2D eigenvalue weighted by Gasteiger charge is -2.10. The molecule has 0 bridgehead atoms. The molecule has 0 N–H and O–H groups in total. The summed E-state index contributed by atoms with van der Waals surface area (Å²) >= 11 is 0. The van der Waals surface area contributed by atoms with Gasteiger partial charge in [-0.25, -0.2) is 4.68 Å². The molecule has 0 aliphatic rings. The van der Waals surface area contributed by atoms with Gasteiger partial charge < -0.3 is 9.26 Å². The molecule has 0 amide bonds. The van der Waals surface area contributed by atoms with Gasteiger partial charge in [0.15, 0.2) is 5.82 Å². The fourth-order valence-electron chi connectivity index (χ4n) is 1.70. The Labute approximate surface area is 122 Å². The summed E-state index contributed by atoms with van der Waals surface area (Å²) in [6.07, 6.45) is -0.243. The summed E-state index contributed by atoms with van der Waals surface area (Å²) in [4.78, 5) is 15.9. The quantitative estimate of drug-likeness (QED) is 0.806. The van der Waals surface area contributed by atoms with Crippen LogP contribution in [-0.2, 0) is 11.3 Å². The predicted octanol–water partition coefficient (Wildman–Crippen LogP) is 1.72. The maximum absolute atomic E-state index is 11.7. The van der Waals surface area contributed by atoms with Crippen molar-refractivity contribution in [1.29, 1.82) is 0 Å². The third-order valence-electron chi connectivity index (χ3n) is 2.81. The molecule has 7 nitrogen and oxygen atoms in total. The first-order valence-electron chi connectivity index (χ1n) is 6.94. The normalized spacial score (nSPS) is 12.8. The molecule has 0 aliphatic heterocycles. The maximum atomic E-state index is 11.7. The molecule has 0 aliphatic carbocycles. The minimum atomic E-state index is -0.243. The highest BCUT2D eigenvalue weighted by Crippen LogP contribution is 2.14. The van der Waals surface area contributed by atoms with Crippen molar-refractivity contribution >= 4 is 0 Å². The average molecular weight is 292 g/mol. The van der Waals surface area contributed by atoms with Gasteiger partial charge in [-0.2, -0.15) is 10.1 Å². The van der Waals surface area contributed by atoms with Gasteiger partial charge in [0.05, 0.1) is 5.69 Å². The van der Waals surface area contributed by atoms with E-state index in [0.717, 1.165) is 5.69 Å². The van der Waals surface area contributed by atoms with Gasteiger partial charge in [0.25, 0.3) is 5.56 Å². The first-order valence-corrected chi connectivity index (χ1v) is 6.94. The number of aryl methyl sites for hydroxylation is 1. The number of hydrogen-bond acceptors (Lipinski definition) is 6. The highest BCUT2D eigenvalue weighted by molar-refractivity contribution is 4.98.